The van der Waals surface area contributed by atoms with Gasteiger partial charge in [-0.05, 0) is 49.3 Å². The maximum Gasteiger partial charge on any atom is 0.0633 e. The molecule has 1 unspecified atom stereocenters. The van der Waals surface area contributed by atoms with Crippen molar-refractivity contribution in [2.75, 3.05) is 6.54 Å². The molecule has 0 spiro atoms. The van der Waals surface area contributed by atoms with Crippen LogP contribution in [0, 0.1) is 5.92 Å². The van der Waals surface area contributed by atoms with Gasteiger partial charge < -0.3 is 11.1 Å². The van der Waals surface area contributed by atoms with Gasteiger partial charge in [0.25, 0.3) is 0 Å². The molecule has 2 fully saturated rings. The lowest BCUT2D eigenvalue weighted by Gasteiger charge is -2.29. The summed E-state index contributed by atoms with van der Waals surface area (Å²) in [5.41, 5.74) is 12.4. The first-order valence-electron chi connectivity index (χ1n) is 10.6. The molecular formula is C23H35N3. The lowest BCUT2D eigenvalue weighted by atomic mass is 9.90. The van der Waals surface area contributed by atoms with Crippen molar-refractivity contribution in [3.63, 3.8) is 0 Å². The largest absolute Gasteiger partial charge is 0.402 e. The number of aliphatic imine (C=N–C) groups is 1. The first-order chi connectivity index (χ1) is 12.7. The van der Waals surface area contributed by atoms with E-state index in [1.165, 1.54) is 49.0 Å². The topological polar surface area (TPSA) is 50.4 Å². The monoisotopic (exact) mass is 353 g/mol. The minimum atomic E-state index is 0.343. The average Bonchev–Trinajstić information content (AvgIpc) is 3.47. The summed E-state index contributed by atoms with van der Waals surface area (Å²) in [6, 6.07) is 9.20. The van der Waals surface area contributed by atoms with Crippen molar-refractivity contribution in [1.29, 1.82) is 0 Å². The molecule has 1 saturated heterocycles. The Morgan fingerprint density at radius 3 is 2.62 bits per heavy atom. The molecular weight excluding hydrogens is 318 g/mol. The van der Waals surface area contributed by atoms with Gasteiger partial charge in [-0.3, -0.25) is 4.99 Å². The molecule has 3 nitrogen and oxygen atoms in total. The van der Waals surface area contributed by atoms with Crippen molar-refractivity contribution >= 4 is 11.4 Å². The first kappa shape index (κ1) is 19.2. The minimum Gasteiger partial charge on any atom is -0.402 e. The third-order valence-corrected chi connectivity index (χ3v) is 5.66. The van der Waals surface area contributed by atoms with Gasteiger partial charge in [0.15, 0.2) is 0 Å². The Balaban J connectivity index is 1.71. The molecule has 0 aromatic heterocycles. The smallest absolute Gasteiger partial charge is 0.0633 e. The van der Waals surface area contributed by atoms with Gasteiger partial charge in [0, 0.05) is 36.0 Å². The van der Waals surface area contributed by atoms with Crippen LogP contribution in [0.25, 0.3) is 0 Å². The summed E-state index contributed by atoms with van der Waals surface area (Å²) >= 11 is 0. The molecule has 3 heteroatoms. The Bertz CT molecular complexity index is 638. The van der Waals surface area contributed by atoms with Crippen LogP contribution in [0.1, 0.15) is 70.8 Å². The molecule has 0 amide bonds. The van der Waals surface area contributed by atoms with Crippen molar-refractivity contribution in [3.8, 4) is 0 Å². The molecule has 3 N–H and O–H groups in total. The fourth-order valence-electron chi connectivity index (χ4n) is 3.97. The van der Waals surface area contributed by atoms with Gasteiger partial charge in [0.05, 0.1) is 5.69 Å². The van der Waals surface area contributed by atoms with Gasteiger partial charge in [-0.2, -0.15) is 0 Å². The van der Waals surface area contributed by atoms with E-state index in [1.807, 2.05) is 0 Å². The van der Waals surface area contributed by atoms with Gasteiger partial charge in [-0.25, -0.2) is 0 Å². The Hall–Kier alpha value is -1.61. The number of nitrogens with two attached hydrogens (primary N) is 1. The van der Waals surface area contributed by atoms with Crippen LogP contribution in [0.2, 0.25) is 0 Å². The number of piperidine rings is 1. The Labute approximate surface area is 159 Å². The predicted octanol–water partition coefficient (Wildman–Crippen LogP) is 5.28. The summed E-state index contributed by atoms with van der Waals surface area (Å²) in [5, 5.41) is 3.60. The summed E-state index contributed by atoms with van der Waals surface area (Å²) in [4.78, 5) is 5.00. The summed E-state index contributed by atoms with van der Waals surface area (Å²) in [5.74, 6) is 1.03. The predicted molar refractivity (Wildman–Crippen MR) is 112 cm³/mol. The lowest BCUT2D eigenvalue weighted by Crippen LogP contribution is -2.41. The van der Waals surface area contributed by atoms with E-state index in [2.05, 4.69) is 43.4 Å². The normalized spacial score (nSPS) is 24.1. The van der Waals surface area contributed by atoms with E-state index in [1.54, 1.807) is 0 Å². The molecule has 1 atom stereocenters. The number of nitrogens with zero attached hydrogens (tertiary/aromatic N) is 1. The SMILES string of the molecule is CCC/C(N)=C1/C(=Nc2ccc(CCCC3CC3)cc2)CCNC1CC. The lowest BCUT2D eigenvalue weighted by molar-refractivity contribution is 0.548. The van der Waals surface area contributed by atoms with Crippen LogP contribution in [-0.4, -0.2) is 18.3 Å². The Morgan fingerprint density at radius 2 is 1.96 bits per heavy atom. The quantitative estimate of drug-likeness (QED) is 0.668. The van der Waals surface area contributed by atoms with Crippen LogP contribution in [0.3, 0.4) is 0 Å². The number of hydrogen-bond donors (Lipinski definition) is 2. The zero-order chi connectivity index (χ0) is 18.4. The molecule has 142 valence electrons. The van der Waals surface area contributed by atoms with E-state index in [9.17, 15) is 0 Å². The summed E-state index contributed by atoms with van der Waals surface area (Å²) in [7, 11) is 0. The van der Waals surface area contributed by atoms with E-state index in [0.717, 1.165) is 49.5 Å². The average molecular weight is 354 g/mol. The van der Waals surface area contributed by atoms with Gasteiger partial charge in [0.1, 0.15) is 0 Å². The van der Waals surface area contributed by atoms with Crippen molar-refractivity contribution in [2.24, 2.45) is 16.6 Å². The van der Waals surface area contributed by atoms with E-state index >= 15 is 0 Å². The highest BCUT2D eigenvalue weighted by atomic mass is 14.9. The van der Waals surface area contributed by atoms with E-state index in [-0.39, 0.29) is 0 Å². The Kier molecular flexibility index (Phi) is 6.90. The van der Waals surface area contributed by atoms with Crippen LogP contribution >= 0.6 is 0 Å². The van der Waals surface area contributed by atoms with Crippen molar-refractivity contribution in [3.05, 3.63) is 41.1 Å². The van der Waals surface area contributed by atoms with Gasteiger partial charge in [-0.1, -0.05) is 51.7 Å². The third-order valence-electron chi connectivity index (χ3n) is 5.66. The molecule has 1 aromatic rings. The zero-order valence-electron chi connectivity index (χ0n) is 16.6. The van der Waals surface area contributed by atoms with Crippen LogP contribution in [0.5, 0.6) is 0 Å². The number of allylic oxidation sites excluding steroid dienone is 1. The molecule has 1 heterocycles. The molecule has 1 saturated carbocycles. The fraction of sp³-hybridized carbons (Fsp3) is 0.609. The van der Waals surface area contributed by atoms with Gasteiger partial charge in [0.2, 0.25) is 0 Å². The first-order valence-corrected chi connectivity index (χ1v) is 10.6. The molecule has 0 bridgehead atoms. The van der Waals surface area contributed by atoms with Gasteiger partial charge >= 0.3 is 0 Å². The number of aryl methyl sites for hydroxylation is 1. The van der Waals surface area contributed by atoms with Crippen LogP contribution in [0.4, 0.5) is 5.69 Å². The summed E-state index contributed by atoms with van der Waals surface area (Å²) in [6.45, 7) is 5.39. The highest BCUT2D eigenvalue weighted by Gasteiger charge is 2.24. The molecule has 0 radical (unpaired) electrons. The number of rotatable bonds is 8. The molecule has 26 heavy (non-hydrogen) atoms. The second-order valence-corrected chi connectivity index (χ2v) is 7.91. The minimum absolute atomic E-state index is 0.343. The zero-order valence-corrected chi connectivity index (χ0v) is 16.6. The van der Waals surface area contributed by atoms with Crippen LogP contribution < -0.4 is 11.1 Å². The second kappa shape index (κ2) is 9.36. The standard InChI is InChI=1S/C23H35N3/c1-3-6-20(24)23-21(4-2)25-16-15-22(23)26-19-13-11-18(12-14-19)8-5-7-17-9-10-17/h11-14,17,21,25H,3-10,15-16,24H2,1-2H3/b23-20-,26-22?. The molecule has 1 aliphatic heterocycles. The van der Waals surface area contributed by atoms with E-state index in [4.69, 9.17) is 10.7 Å². The van der Waals surface area contributed by atoms with Crippen molar-refractivity contribution in [2.45, 2.75) is 77.7 Å². The maximum atomic E-state index is 6.44. The van der Waals surface area contributed by atoms with Crippen LogP contribution in [-0.2, 0) is 6.42 Å². The molecule has 1 aliphatic carbocycles. The molecule has 2 aliphatic rings. The number of hydrogen-bond acceptors (Lipinski definition) is 3. The molecule has 1 aromatic carbocycles. The van der Waals surface area contributed by atoms with Crippen molar-refractivity contribution in [1.82, 2.24) is 5.32 Å². The number of benzene rings is 1. The van der Waals surface area contributed by atoms with E-state index in [0.29, 0.717) is 6.04 Å². The van der Waals surface area contributed by atoms with E-state index < -0.39 is 0 Å². The number of nitrogens with one attached hydrogen (secondary N) is 1. The maximum absolute atomic E-state index is 6.44. The fourth-order valence-corrected chi connectivity index (χ4v) is 3.97. The van der Waals surface area contributed by atoms with Gasteiger partial charge in [-0.15, -0.1) is 0 Å². The second-order valence-electron chi connectivity index (χ2n) is 7.91. The summed E-state index contributed by atoms with van der Waals surface area (Å²) < 4.78 is 0. The summed E-state index contributed by atoms with van der Waals surface area (Å²) in [6.07, 6.45) is 10.9. The van der Waals surface area contributed by atoms with Crippen LogP contribution in [0.15, 0.2) is 40.5 Å². The Morgan fingerprint density at radius 1 is 1.19 bits per heavy atom. The third kappa shape index (κ3) is 5.20. The highest BCUT2D eigenvalue weighted by Crippen LogP contribution is 2.34. The van der Waals surface area contributed by atoms with Crippen molar-refractivity contribution < 1.29 is 0 Å². The molecule has 3 rings (SSSR count). The highest BCUT2D eigenvalue weighted by molar-refractivity contribution is 6.04.